The molecule has 114 valence electrons. The Morgan fingerprint density at radius 2 is 1.74 bits per heavy atom. The molecule has 6 heteroatoms. The Morgan fingerprint density at radius 3 is 2.26 bits per heavy atom. The Bertz CT molecular complexity index is 229. The number of carbonyl (C=O) groups is 1. The van der Waals surface area contributed by atoms with E-state index in [9.17, 15) is 15.0 Å². The largest absolute Gasteiger partial charge is 0.466 e. The van der Waals surface area contributed by atoms with Crippen molar-refractivity contribution in [1.82, 2.24) is 0 Å². The van der Waals surface area contributed by atoms with Gasteiger partial charge in [0.2, 0.25) is 0 Å². The summed E-state index contributed by atoms with van der Waals surface area (Å²) in [7, 11) is 2.95. The number of rotatable bonds is 11. The van der Waals surface area contributed by atoms with E-state index in [1.165, 1.54) is 14.2 Å². The number of carbonyl (C=O) groups excluding carboxylic acids is 1. The highest BCUT2D eigenvalue weighted by molar-refractivity contribution is 5.69. The lowest BCUT2D eigenvalue weighted by Gasteiger charge is -2.19. The maximum atomic E-state index is 11.3. The zero-order valence-corrected chi connectivity index (χ0v) is 12.0. The summed E-state index contributed by atoms with van der Waals surface area (Å²) >= 11 is 0. The van der Waals surface area contributed by atoms with E-state index in [4.69, 9.17) is 14.2 Å². The first kappa shape index (κ1) is 18.3. The van der Waals surface area contributed by atoms with Crippen molar-refractivity contribution in [2.75, 3.05) is 20.8 Å². The van der Waals surface area contributed by atoms with Crippen molar-refractivity contribution in [1.29, 1.82) is 0 Å². The molecule has 0 spiro atoms. The molecule has 2 unspecified atom stereocenters. The standard InChI is InChI=1S/C13H26O6/c1-4-5-6-19-12(16)8-10(14)7-11(15)9-13(17-2)18-3/h10-11,13-15H,4-9H2,1-3H3. The normalized spacial score (nSPS) is 14.4. The van der Waals surface area contributed by atoms with Gasteiger partial charge in [-0.1, -0.05) is 13.3 Å². The molecule has 0 aromatic carbocycles. The molecule has 0 aliphatic rings. The molecule has 0 aliphatic heterocycles. The summed E-state index contributed by atoms with van der Waals surface area (Å²) in [6.45, 7) is 2.38. The average Bonchev–Trinajstić information content (AvgIpc) is 2.35. The van der Waals surface area contributed by atoms with Gasteiger partial charge in [-0.3, -0.25) is 4.79 Å². The summed E-state index contributed by atoms with van der Waals surface area (Å²) in [6.07, 6.45) is -0.231. The van der Waals surface area contributed by atoms with Crippen LogP contribution in [-0.4, -0.2) is 55.5 Å². The van der Waals surface area contributed by atoms with Gasteiger partial charge >= 0.3 is 5.97 Å². The third kappa shape index (κ3) is 9.84. The maximum absolute atomic E-state index is 11.3. The van der Waals surface area contributed by atoms with Crippen LogP contribution in [0.25, 0.3) is 0 Å². The van der Waals surface area contributed by atoms with Crippen LogP contribution in [0.3, 0.4) is 0 Å². The number of ether oxygens (including phenoxy) is 3. The van der Waals surface area contributed by atoms with Crippen molar-refractivity contribution in [2.45, 2.75) is 57.5 Å². The van der Waals surface area contributed by atoms with Gasteiger partial charge in [0.05, 0.1) is 25.2 Å². The molecule has 0 heterocycles. The first-order valence-electron chi connectivity index (χ1n) is 6.60. The van der Waals surface area contributed by atoms with Crippen molar-refractivity contribution in [2.24, 2.45) is 0 Å². The first-order valence-corrected chi connectivity index (χ1v) is 6.60. The summed E-state index contributed by atoms with van der Waals surface area (Å²) in [5.74, 6) is -0.441. The molecule has 0 aromatic rings. The van der Waals surface area contributed by atoms with Crippen LogP contribution >= 0.6 is 0 Å². The second-order valence-electron chi connectivity index (χ2n) is 4.46. The third-order valence-corrected chi connectivity index (χ3v) is 2.70. The van der Waals surface area contributed by atoms with Crippen molar-refractivity contribution < 1.29 is 29.2 Å². The summed E-state index contributed by atoms with van der Waals surface area (Å²) < 4.78 is 14.8. The number of aliphatic hydroxyl groups excluding tert-OH is 2. The molecule has 6 nitrogen and oxygen atoms in total. The highest BCUT2D eigenvalue weighted by atomic mass is 16.7. The molecule has 19 heavy (non-hydrogen) atoms. The summed E-state index contributed by atoms with van der Waals surface area (Å²) in [4.78, 5) is 11.3. The monoisotopic (exact) mass is 278 g/mol. The van der Waals surface area contributed by atoms with Gasteiger partial charge in [0.1, 0.15) is 0 Å². The predicted molar refractivity (Wildman–Crippen MR) is 69.5 cm³/mol. The molecule has 0 aromatic heterocycles. The first-order chi connectivity index (χ1) is 9.03. The Labute approximate surface area is 114 Å². The van der Waals surface area contributed by atoms with Crippen molar-refractivity contribution >= 4 is 5.97 Å². The van der Waals surface area contributed by atoms with Crippen LogP contribution in [0, 0.1) is 0 Å². The van der Waals surface area contributed by atoms with Crippen molar-refractivity contribution in [3.63, 3.8) is 0 Å². The zero-order valence-electron chi connectivity index (χ0n) is 12.0. The van der Waals surface area contributed by atoms with Crippen LogP contribution < -0.4 is 0 Å². The quantitative estimate of drug-likeness (QED) is 0.331. The SMILES string of the molecule is CCCCOC(=O)CC(O)CC(O)CC(OC)OC. The second kappa shape index (κ2) is 11.2. The Morgan fingerprint density at radius 1 is 1.11 bits per heavy atom. The van der Waals surface area contributed by atoms with Crippen molar-refractivity contribution in [3.05, 3.63) is 0 Å². The molecule has 2 atom stereocenters. The number of aliphatic hydroxyl groups is 2. The minimum atomic E-state index is -0.918. The molecule has 0 bridgehead atoms. The second-order valence-corrected chi connectivity index (χ2v) is 4.46. The molecule has 0 rings (SSSR count). The van der Waals surface area contributed by atoms with Gasteiger partial charge in [-0.25, -0.2) is 0 Å². The van der Waals surface area contributed by atoms with Gasteiger partial charge in [-0.2, -0.15) is 0 Å². The fourth-order valence-electron chi connectivity index (χ4n) is 1.59. The van der Waals surface area contributed by atoms with Gasteiger partial charge in [0.15, 0.2) is 6.29 Å². The highest BCUT2D eigenvalue weighted by Crippen LogP contribution is 2.11. The lowest BCUT2D eigenvalue weighted by molar-refractivity contribution is -0.147. The lowest BCUT2D eigenvalue weighted by atomic mass is 10.1. The Kier molecular flexibility index (Phi) is 10.8. The fourth-order valence-corrected chi connectivity index (χ4v) is 1.59. The van der Waals surface area contributed by atoms with Crippen molar-refractivity contribution in [3.8, 4) is 0 Å². The van der Waals surface area contributed by atoms with E-state index >= 15 is 0 Å². The zero-order chi connectivity index (χ0) is 14.7. The molecular formula is C13H26O6. The molecule has 0 aliphatic carbocycles. The number of hydrogen-bond donors (Lipinski definition) is 2. The minimum Gasteiger partial charge on any atom is -0.466 e. The molecule has 0 amide bonds. The number of esters is 1. The molecule has 0 saturated heterocycles. The Balaban J connectivity index is 3.82. The van der Waals surface area contributed by atoms with E-state index < -0.39 is 24.5 Å². The minimum absolute atomic E-state index is 0.0894. The molecule has 0 saturated carbocycles. The van der Waals surface area contributed by atoms with Crippen LogP contribution in [0.15, 0.2) is 0 Å². The molecule has 0 fully saturated rings. The average molecular weight is 278 g/mol. The summed E-state index contributed by atoms with van der Waals surface area (Å²) in [5, 5.41) is 19.4. The van der Waals surface area contributed by atoms with E-state index in [-0.39, 0.29) is 19.3 Å². The van der Waals surface area contributed by atoms with Gasteiger partial charge in [-0.15, -0.1) is 0 Å². The van der Waals surface area contributed by atoms with Gasteiger partial charge < -0.3 is 24.4 Å². The topological polar surface area (TPSA) is 85.2 Å². The van der Waals surface area contributed by atoms with Gasteiger partial charge in [-0.05, 0) is 12.8 Å². The predicted octanol–water partition coefficient (Wildman–Crippen LogP) is 0.841. The van der Waals surface area contributed by atoms with Crippen LogP contribution in [0.1, 0.15) is 39.0 Å². The van der Waals surface area contributed by atoms with Gasteiger partial charge in [0, 0.05) is 20.6 Å². The fraction of sp³-hybridized carbons (Fsp3) is 0.923. The van der Waals surface area contributed by atoms with Crippen LogP contribution in [0.2, 0.25) is 0 Å². The summed E-state index contributed by atoms with van der Waals surface area (Å²) in [6, 6.07) is 0. The lowest BCUT2D eigenvalue weighted by Crippen LogP contribution is -2.26. The molecule has 0 radical (unpaired) electrons. The third-order valence-electron chi connectivity index (χ3n) is 2.70. The number of unbranched alkanes of at least 4 members (excludes halogenated alkanes) is 1. The molecule has 2 N–H and O–H groups in total. The highest BCUT2D eigenvalue weighted by Gasteiger charge is 2.19. The van der Waals surface area contributed by atoms with Crippen LogP contribution in [0.5, 0.6) is 0 Å². The Hall–Kier alpha value is -0.690. The van der Waals surface area contributed by atoms with E-state index in [0.29, 0.717) is 6.61 Å². The van der Waals surface area contributed by atoms with Crippen LogP contribution in [-0.2, 0) is 19.0 Å². The van der Waals surface area contributed by atoms with E-state index in [1.807, 2.05) is 6.92 Å². The molecular weight excluding hydrogens is 252 g/mol. The smallest absolute Gasteiger partial charge is 0.308 e. The van der Waals surface area contributed by atoms with E-state index in [2.05, 4.69) is 0 Å². The van der Waals surface area contributed by atoms with E-state index in [1.54, 1.807) is 0 Å². The van der Waals surface area contributed by atoms with E-state index in [0.717, 1.165) is 12.8 Å². The number of hydrogen-bond acceptors (Lipinski definition) is 6. The summed E-state index contributed by atoms with van der Waals surface area (Å²) in [5.41, 5.74) is 0. The van der Waals surface area contributed by atoms with Crippen LogP contribution in [0.4, 0.5) is 0 Å². The maximum Gasteiger partial charge on any atom is 0.308 e. The number of methoxy groups -OCH3 is 2. The van der Waals surface area contributed by atoms with Gasteiger partial charge in [0.25, 0.3) is 0 Å².